The lowest BCUT2D eigenvalue weighted by Gasteiger charge is -2.15. The monoisotopic (exact) mass is 415 g/mol. The van der Waals surface area contributed by atoms with E-state index in [4.69, 9.17) is 27.5 Å². The fourth-order valence-corrected chi connectivity index (χ4v) is 4.08. The Morgan fingerprint density at radius 3 is 2.71 bits per heavy atom. The highest BCUT2D eigenvalue weighted by Crippen LogP contribution is 2.34. The van der Waals surface area contributed by atoms with Gasteiger partial charge in [0, 0.05) is 5.02 Å². The minimum absolute atomic E-state index is 0.137. The van der Waals surface area contributed by atoms with Gasteiger partial charge in [0.15, 0.2) is 11.5 Å². The van der Waals surface area contributed by atoms with Crippen LogP contribution in [0.1, 0.15) is 11.1 Å². The van der Waals surface area contributed by atoms with Gasteiger partial charge in [-0.3, -0.25) is 14.5 Å². The van der Waals surface area contributed by atoms with Gasteiger partial charge in [0.25, 0.3) is 5.24 Å². The number of ether oxygens (including phenoxy) is 2. The van der Waals surface area contributed by atoms with Crippen molar-refractivity contribution in [1.29, 1.82) is 0 Å². The Bertz CT molecular complexity index is 940. The zero-order valence-corrected chi connectivity index (χ0v) is 16.8. The average molecular weight is 416 g/mol. The molecule has 1 heterocycles. The molecule has 1 aliphatic heterocycles. The van der Waals surface area contributed by atoms with Crippen LogP contribution in [0.3, 0.4) is 0 Å². The van der Waals surface area contributed by atoms with Gasteiger partial charge in [0.2, 0.25) is 5.91 Å². The summed E-state index contributed by atoms with van der Waals surface area (Å²) >= 11 is 7.18. The first-order valence-electron chi connectivity index (χ1n) is 8.52. The van der Waals surface area contributed by atoms with E-state index in [1.807, 2.05) is 12.1 Å². The van der Waals surface area contributed by atoms with Crippen molar-refractivity contribution in [3.8, 4) is 23.8 Å². The van der Waals surface area contributed by atoms with Gasteiger partial charge in [-0.1, -0.05) is 53.5 Å². The molecule has 3 rings (SSSR count). The maximum absolute atomic E-state index is 12.8. The first kappa shape index (κ1) is 20.1. The highest BCUT2D eigenvalue weighted by Gasteiger charge is 2.39. The van der Waals surface area contributed by atoms with Crippen LogP contribution in [-0.4, -0.2) is 35.0 Å². The van der Waals surface area contributed by atoms with E-state index in [-0.39, 0.29) is 24.3 Å². The molecule has 1 saturated heterocycles. The lowest BCUT2D eigenvalue weighted by Crippen LogP contribution is -2.31. The molecular weight excluding hydrogens is 398 g/mol. The molecule has 144 valence electrons. The molecule has 0 aliphatic carbocycles. The average Bonchev–Trinajstić information content (AvgIpc) is 2.95. The first-order chi connectivity index (χ1) is 13.5. The second-order valence-electron chi connectivity index (χ2n) is 6.07. The summed E-state index contributed by atoms with van der Waals surface area (Å²) in [6, 6.07) is 12.6. The van der Waals surface area contributed by atoms with Gasteiger partial charge in [-0.15, -0.1) is 6.42 Å². The number of halogens is 1. The molecule has 28 heavy (non-hydrogen) atoms. The Morgan fingerprint density at radius 1 is 1.21 bits per heavy atom. The summed E-state index contributed by atoms with van der Waals surface area (Å²) in [5.41, 5.74) is 1.60. The van der Waals surface area contributed by atoms with E-state index >= 15 is 0 Å². The molecule has 0 radical (unpaired) electrons. The molecule has 0 N–H and O–H groups in total. The van der Waals surface area contributed by atoms with E-state index in [0.717, 1.165) is 22.9 Å². The van der Waals surface area contributed by atoms with Crippen LogP contribution in [0.2, 0.25) is 5.02 Å². The Balaban J connectivity index is 1.72. The normalized spacial score (nSPS) is 16.2. The van der Waals surface area contributed by atoms with Gasteiger partial charge >= 0.3 is 0 Å². The van der Waals surface area contributed by atoms with Crippen LogP contribution >= 0.6 is 23.4 Å². The smallest absolute Gasteiger partial charge is 0.289 e. The molecule has 0 spiro atoms. The number of thioether (sulfide) groups is 1. The standard InChI is InChI=1S/C21H18ClNO4S/c1-3-10-27-17-9-8-14(11-18(17)26-2)12-19-20(24)23(21(25)28-19)13-15-6-4-5-7-16(15)22/h1,4-9,11,19H,10,12-13H2,2H3/t19-/m1/s1. The summed E-state index contributed by atoms with van der Waals surface area (Å²) in [6.45, 7) is 0.307. The highest BCUT2D eigenvalue weighted by atomic mass is 35.5. The van der Waals surface area contributed by atoms with Gasteiger partial charge < -0.3 is 9.47 Å². The molecule has 0 unspecified atom stereocenters. The molecule has 0 bridgehead atoms. The highest BCUT2D eigenvalue weighted by molar-refractivity contribution is 8.15. The van der Waals surface area contributed by atoms with Crippen molar-refractivity contribution in [2.45, 2.75) is 18.2 Å². The van der Waals surface area contributed by atoms with Crippen molar-refractivity contribution in [3.05, 3.63) is 58.6 Å². The van der Waals surface area contributed by atoms with Gasteiger partial charge in [-0.25, -0.2) is 0 Å². The van der Waals surface area contributed by atoms with Crippen molar-refractivity contribution in [2.75, 3.05) is 13.7 Å². The minimum atomic E-state index is -0.489. The lowest BCUT2D eigenvalue weighted by molar-refractivity contribution is -0.127. The summed E-state index contributed by atoms with van der Waals surface area (Å²) < 4.78 is 10.8. The molecule has 1 fully saturated rings. The van der Waals surface area contributed by atoms with E-state index in [1.54, 1.807) is 30.3 Å². The van der Waals surface area contributed by atoms with Crippen LogP contribution in [0, 0.1) is 12.3 Å². The van der Waals surface area contributed by atoms with Crippen LogP contribution in [0.4, 0.5) is 4.79 Å². The Labute approximate surface area is 173 Å². The predicted octanol–water partition coefficient (Wildman–Crippen LogP) is 4.17. The summed E-state index contributed by atoms with van der Waals surface area (Å²) in [7, 11) is 1.53. The number of methoxy groups -OCH3 is 1. The number of rotatable bonds is 7. The third kappa shape index (κ3) is 4.44. The van der Waals surface area contributed by atoms with Crippen molar-refractivity contribution in [1.82, 2.24) is 4.90 Å². The van der Waals surface area contributed by atoms with Crippen molar-refractivity contribution >= 4 is 34.5 Å². The first-order valence-corrected chi connectivity index (χ1v) is 9.77. The van der Waals surface area contributed by atoms with Crippen molar-refractivity contribution in [3.63, 3.8) is 0 Å². The van der Waals surface area contributed by atoms with Crippen LogP contribution in [0.5, 0.6) is 11.5 Å². The summed E-state index contributed by atoms with van der Waals surface area (Å²) in [5, 5.41) is -0.225. The second-order valence-corrected chi connectivity index (χ2v) is 7.63. The number of hydrogen-bond acceptors (Lipinski definition) is 5. The van der Waals surface area contributed by atoms with Crippen molar-refractivity contribution in [2.24, 2.45) is 0 Å². The minimum Gasteiger partial charge on any atom is -0.493 e. The summed E-state index contributed by atoms with van der Waals surface area (Å²) in [4.78, 5) is 26.4. The van der Waals surface area contributed by atoms with Crippen LogP contribution < -0.4 is 9.47 Å². The third-order valence-corrected chi connectivity index (χ3v) is 5.69. The van der Waals surface area contributed by atoms with Gasteiger partial charge in [-0.2, -0.15) is 0 Å². The molecule has 2 aromatic rings. The number of carbonyl (C=O) groups is 2. The maximum Gasteiger partial charge on any atom is 0.289 e. The SMILES string of the molecule is C#CCOc1ccc(C[C@H]2SC(=O)N(Cc3ccccc3Cl)C2=O)cc1OC. The molecule has 2 aromatic carbocycles. The fraction of sp³-hybridized carbons (Fsp3) is 0.238. The number of benzene rings is 2. The quantitative estimate of drug-likeness (QED) is 0.635. The molecule has 1 aliphatic rings. The van der Waals surface area contributed by atoms with Gasteiger partial charge in [-0.05, 0) is 35.7 Å². The number of imide groups is 1. The van der Waals surface area contributed by atoms with Crippen LogP contribution in [-0.2, 0) is 17.8 Å². The van der Waals surface area contributed by atoms with Crippen molar-refractivity contribution < 1.29 is 19.1 Å². The largest absolute Gasteiger partial charge is 0.493 e. The summed E-state index contributed by atoms with van der Waals surface area (Å²) in [5.74, 6) is 3.24. The van der Waals surface area contributed by atoms with Gasteiger partial charge in [0.05, 0.1) is 18.9 Å². The molecule has 0 aromatic heterocycles. The maximum atomic E-state index is 12.8. The zero-order valence-electron chi connectivity index (χ0n) is 15.2. The molecular formula is C21H18ClNO4S. The number of amides is 2. The number of carbonyl (C=O) groups excluding carboxylic acids is 2. The topological polar surface area (TPSA) is 55.8 Å². The molecule has 0 saturated carbocycles. The summed E-state index contributed by atoms with van der Waals surface area (Å²) in [6.07, 6.45) is 5.61. The van der Waals surface area contributed by atoms with E-state index in [2.05, 4.69) is 5.92 Å². The number of nitrogens with zero attached hydrogens (tertiary/aromatic N) is 1. The Hall–Kier alpha value is -2.62. The van der Waals surface area contributed by atoms with Gasteiger partial charge in [0.1, 0.15) is 6.61 Å². The van der Waals surface area contributed by atoms with Crippen LogP contribution in [0.25, 0.3) is 0 Å². The lowest BCUT2D eigenvalue weighted by atomic mass is 10.1. The predicted molar refractivity (Wildman–Crippen MR) is 110 cm³/mol. The van der Waals surface area contributed by atoms with E-state index in [1.165, 1.54) is 12.0 Å². The Kier molecular flexibility index (Phi) is 6.50. The molecule has 7 heteroatoms. The van der Waals surface area contributed by atoms with E-state index < -0.39 is 5.25 Å². The second kappa shape index (κ2) is 9.05. The molecule has 2 amide bonds. The number of terminal acetylenes is 1. The fourth-order valence-electron chi connectivity index (χ4n) is 2.86. The molecule has 1 atom stereocenters. The zero-order chi connectivity index (χ0) is 20.1. The third-order valence-electron chi connectivity index (χ3n) is 4.25. The molecule has 5 nitrogen and oxygen atoms in total. The number of hydrogen-bond donors (Lipinski definition) is 0. The van der Waals surface area contributed by atoms with E-state index in [0.29, 0.717) is 22.9 Å². The van der Waals surface area contributed by atoms with E-state index in [9.17, 15) is 9.59 Å². The Morgan fingerprint density at radius 2 is 2.00 bits per heavy atom. The van der Waals surface area contributed by atoms with Crippen LogP contribution in [0.15, 0.2) is 42.5 Å².